The molecule has 0 bridgehead atoms. The van der Waals surface area contributed by atoms with Crippen LogP contribution in [-0.4, -0.2) is 23.0 Å². The van der Waals surface area contributed by atoms with Gasteiger partial charge in [0.15, 0.2) is 0 Å². The van der Waals surface area contributed by atoms with E-state index < -0.39 is 17.9 Å². The highest BCUT2D eigenvalue weighted by atomic mass is 19.3. The third kappa shape index (κ3) is 4.11. The van der Waals surface area contributed by atoms with Crippen LogP contribution in [0.1, 0.15) is 38.5 Å². The van der Waals surface area contributed by atoms with Crippen LogP contribution in [0.5, 0.6) is 0 Å². The number of hydrogen-bond donors (Lipinski definition) is 2. The Balaban J connectivity index is 2.22. The Morgan fingerprint density at radius 2 is 2.00 bits per heavy atom. The first kappa shape index (κ1) is 12.4. The van der Waals surface area contributed by atoms with Crippen LogP contribution in [0.4, 0.5) is 8.78 Å². The van der Waals surface area contributed by atoms with Crippen LogP contribution in [0.3, 0.4) is 0 Å². The smallest absolute Gasteiger partial charge is 0.320 e. The molecule has 0 amide bonds. The molecule has 1 fully saturated rings. The molecule has 0 radical (unpaired) electrons. The van der Waals surface area contributed by atoms with Crippen LogP contribution in [-0.2, 0) is 4.79 Å². The zero-order chi connectivity index (χ0) is 11.5. The zero-order valence-corrected chi connectivity index (χ0v) is 8.59. The molecule has 3 nitrogen and oxygen atoms in total. The molecule has 0 heterocycles. The van der Waals surface area contributed by atoms with E-state index in [1.165, 1.54) is 0 Å². The first-order valence-corrected chi connectivity index (χ1v) is 5.27. The largest absolute Gasteiger partial charge is 0.480 e. The Bertz CT molecular complexity index is 223. The number of carboxylic acid groups (broad SMARTS) is 1. The Morgan fingerprint density at radius 1 is 1.47 bits per heavy atom. The summed E-state index contributed by atoms with van der Waals surface area (Å²) < 4.78 is 25.6. The predicted octanol–water partition coefficient (Wildman–Crippen LogP) is 2.00. The lowest BCUT2D eigenvalue weighted by molar-refractivity contribution is -0.138. The lowest BCUT2D eigenvalue weighted by Crippen LogP contribution is -2.31. The van der Waals surface area contributed by atoms with Gasteiger partial charge in [0.25, 0.3) is 0 Å². The highest BCUT2D eigenvalue weighted by molar-refractivity contribution is 5.72. The van der Waals surface area contributed by atoms with Gasteiger partial charge in [-0.2, -0.15) is 0 Å². The minimum atomic E-state index is -2.51. The molecule has 0 spiro atoms. The van der Waals surface area contributed by atoms with Crippen molar-refractivity contribution in [3.05, 3.63) is 0 Å². The van der Waals surface area contributed by atoms with Crippen molar-refractivity contribution >= 4 is 5.97 Å². The van der Waals surface area contributed by atoms with Gasteiger partial charge in [0, 0.05) is 12.8 Å². The Labute approximate surface area is 87.6 Å². The summed E-state index contributed by atoms with van der Waals surface area (Å²) in [7, 11) is 0. The number of carboxylic acids is 1. The fraction of sp³-hybridized carbons (Fsp3) is 0.900. The summed E-state index contributed by atoms with van der Waals surface area (Å²) in [5.41, 5.74) is 5.34. The van der Waals surface area contributed by atoms with Gasteiger partial charge in [-0.05, 0) is 31.6 Å². The molecule has 1 saturated carbocycles. The number of hydrogen-bond acceptors (Lipinski definition) is 2. The monoisotopic (exact) mass is 221 g/mol. The molecule has 0 unspecified atom stereocenters. The maximum absolute atomic E-state index is 12.8. The van der Waals surface area contributed by atoms with E-state index in [0.29, 0.717) is 25.7 Å². The fourth-order valence-corrected chi connectivity index (χ4v) is 1.93. The van der Waals surface area contributed by atoms with Crippen molar-refractivity contribution in [1.29, 1.82) is 0 Å². The van der Waals surface area contributed by atoms with Gasteiger partial charge in [0.2, 0.25) is 5.92 Å². The number of nitrogens with two attached hydrogens (primary N) is 1. The molecule has 0 aromatic carbocycles. The van der Waals surface area contributed by atoms with Gasteiger partial charge in [-0.15, -0.1) is 0 Å². The summed E-state index contributed by atoms with van der Waals surface area (Å²) in [4.78, 5) is 10.4. The first-order chi connectivity index (χ1) is 6.91. The van der Waals surface area contributed by atoms with E-state index in [1.807, 2.05) is 0 Å². The molecule has 0 saturated heterocycles. The molecule has 1 aliphatic rings. The van der Waals surface area contributed by atoms with E-state index in [9.17, 15) is 13.6 Å². The van der Waals surface area contributed by atoms with Gasteiger partial charge in [0.05, 0.1) is 0 Å². The van der Waals surface area contributed by atoms with E-state index >= 15 is 0 Å². The second kappa shape index (κ2) is 4.88. The quantitative estimate of drug-likeness (QED) is 0.763. The normalized spacial score (nSPS) is 23.7. The van der Waals surface area contributed by atoms with Crippen molar-refractivity contribution in [3.63, 3.8) is 0 Å². The molecule has 0 aromatic heterocycles. The molecule has 1 rings (SSSR count). The molecule has 1 aliphatic carbocycles. The third-order valence-corrected chi connectivity index (χ3v) is 3.04. The SMILES string of the molecule is N[C@H](CCC1CCC(F)(F)CC1)C(=O)O. The van der Waals surface area contributed by atoms with Crippen molar-refractivity contribution < 1.29 is 18.7 Å². The van der Waals surface area contributed by atoms with Gasteiger partial charge in [0.1, 0.15) is 6.04 Å². The van der Waals surface area contributed by atoms with E-state index in [1.54, 1.807) is 0 Å². The Hall–Kier alpha value is -0.710. The molecule has 15 heavy (non-hydrogen) atoms. The molecule has 3 N–H and O–H groups in total. The minimum Gasteiger partial charge on any atom is -0.480 e. The lowest BCUT2D eigenvalue weighted by atomic mass is 9.83. The topological polar surface area (TPSA) is 63.3 Å². The molecule has 0 aromatic rings. The summed E-state index contributed by atoms with van der Waals surface area (Å²) in [6.07, 6.45) is 1.85. The highest BCUT2D eigenvalue weighted by Crippen LogP contribution is 2.37. The van der Waals surface area contributed by atoms with Crippen LogP contribution in [0.25, 0.3) is 0 Å². The van der Waals surface area contributed by atoms with Crippen LogP contribution < -0.4 is 5.73 Å². The zero-order valence-electron chi connectivity index (χ0n) is 8.59. The standard InChI is InChI=1S/C10H17F2NO2/c11-10(12)5-3-7(4-6-10)1-2-8(13)9(14)15/h7-8H,1-6,13H2,(H,14,15)/t8-/m1/s1. The Kier molecular flexibility index (Phi) is 4.02. The lowest BCUT2D eigenvalue weighted by Gasteiger charge is -2.28. The highest BCUT2D eigenvalue weighted by Gasteiger charge is 2.34. The van der Waals surface area contributed by atoms with Crippen molar-refractivity contribution in [1.82, 2.24) is 0 Å². The van der Waals surface area contributed by atoms with Gasteiger partial charge < -0.3 is 10.8 Å². The number of rotatable bonds is 4. The molecule has 1 atom stereocenters. The first-order valence-electron chi connectivity index (χ1n) is 5.27. The maximum atomic E-state index is 12.8. The Morgan fingerprint density at radius 3 is 2.47 bits per heavy atom. The van der Waals surface area contributed by atoms with Gasteiger partial charge in [-0.1, -0.05) is 0 Å². The van der Waals surface area contributed by atoms with Gasteiger partial charge >= 0.3 is 5.97 Å². The second-order valence-electron chi connectivity index (χ2n) is 4.32. The fourth-order valence-electron chi connectivity index (χ4n) is 1.93. The average Bonchev–Trinajstić information content (AvgIpc) is 2.15. The molecule has 5 heteroatoms. The number of alkyl halides is 2. The summed E-state index contributed by atoms with van der Waals surface area (Å²) in [5.74, 6) is -3.31. The van der Waals surface area contributed by atoms with Crippen LogP contribution in [0.2, 0.25) is 0 Å². The summed E-state index contributed by atoms with van der Waals surface area (Å²) in [6, 6.07) is -0.854. The van der Waals surface area contributed by atoms with Crippen molar-refractivity contribution in [3.8, 4) is 0 Å². The maximum Gasteiger partial charge on any atom is 0.320 e. The second-order valence-corrected chi connectivity index (χ2v) is 4.32. The summed E-state index contributed by atoms with van der Waals surface area (Å²) >= 11 is 0. The predicted molar refractivity (Wildman–Crippen MR) is 51.8 cm³/mol. The van der Waals surface area contributed by atoms with E-state index in [0.717, 1.165) is 0 Å². The third-order valence-electron chi connectivity index (χ3n) is 3.04. The summed E-state index contributed by atoms with van der Waals surface area (Å²) in [5, 5.41) is 8.55. The van der Waals surface area contributed by atoms with Crippen LogP contribution >= 0.6 is 0 Å². The molecule has 0 aliphatic heterocycles. The van der Waals surface area contributed by atoms with Crippen LogP contribution in [0.15, 0.2) is 0 Å². The van der Waals surface area contributed by atoms with Crippen molar-refractivity contribution in [2.45, 2.75) is 50.5 Å². The molecular formula is C10H17F2NO2. The average molecular weight is 221 g/mol. The van der Waals surface area contributed by atoms with Gasteiger partial charge in [-0.25, -0.2) is 8.78 Å². The number of carbonyl (C=O) groups is 1. The van der Waals surface area contributed by atoms with E-state index in [4.69, 9.17) is 10.8 Å². The van der Waals surface area contributed by atoms with Gasteiger partial charge in [-0.3, -0.25) is 4.79 Å². The van der Waals surface area contributed by atoms with Crippen molar-refractivity contribution in [2.75, 3.05) is 0 Å². The van der Waals surface area contributed by atoms with Crippen molar-refractivity contribution in [2.24, 2.45) is 11.7 Å². The van der Waals surface area contributed by atoms with E-state index in [-0.39, 0.29) is 18.8 Å². The summed E-state index contributed by atoms with van der Waals surface area (Å²) in [6.45, 7) is 0. The van der Waals surface area contributed by atoms with Crippen LogP contribution in [0, 0.1) is 5.92 Å². The van der Waals surface area contributed by atoms with E-state index in [2.05, 4.69) is 0 Å². The molecular weight excluding hydrogens is 204 g/mol. The number of halogens is 2. The minimum absolute atomic E-state index is 0.0695. The number of aliphatic carboxylic acids is 1. The molecule has 88 valence electrons.